The lowest BCUT2D eigenvalue weighted by atomic mass is 9.84. The van der Waals surface area contributed by atoms with E-state index in [1.54, 1.807) is 25.1 Å². The molecule has 0 aromatic heterocycles. The zero-order chi connectivity index (χ0) is 13.2. The monoisotopic (exact) mass is 256 g/mol. The summed E-state index contributed by atoms with van der Waals surface area (Å²) in [5, 5.41) is 9.83. The summed E-state index contributed by atoms with van der Waals surface area (Å²) < 4.78 is 23.4. The Bertz CT molecular complexity index is 467. The minimum Gasteiger partial charge on any atom is -0.393 e. The van der Waals surface area contributed by atoms with Crippen molar-refractivity contribution in [3.63, 3.8) is 0 Å². The summed E-state index contributed by atoms with van der Waals surface area (Å²) in [7, 11) is -3.26. The van der Waals surface area contributed by atoms with Crippen molar-refractivity contribution in [2.45, 2.75) is 37.7 Å². The van der Waals surface area contributed by atoms with Crippen LogP contribution in [-0.2, 0) is 9.84 Å². The zero-order valence-corrected chi connectivity index (χ0v) is 11.5. The summed E-state index contributed by atoms with van der Waals surface area (Å²) >= 11 is 0. The highest BCUT2D eigenvalue weighted by molar-refractivity contribution is 7.90. The maximum absolute atomic E-state index is 11.7. The van der Waals surface area contributed by atoms with Crippen molar-refractivity contribution < 1.29 is 13.5 Å². The quantitative estimate of drug-likeness (QED) is 0.898. The molecule has 2 atom stereocenters. The second kappa shape index (κ2) is 5.19. The number of benzene rings is 1. The number of aliphatic hydroxyl groups excluding tert-OH is 1. The summed E-state index contributed by atoms with van der Waals surface area (Å²) in [4.78, 5) is 0.319. The van der Waals surface area contributed by atoms with Crippen molar-refractivity contribution in [3.05, 3.63) is 29.8 Å². The van der Waals surface area contributed by atoms with E-state index in [0.717, 1.165) is 0 Å². The molecule has 1 N–H and O–H groups in total. The van der Waals surface area contributed by atoms with E-state index in [4.69, 9.17) is 0 Å². The number of hydrogen-bond donors (Lipinski definition) is 1. The second-order valence-corrected chi connectivity index (χ2v) is 6.80. The fourth-order valence-electron chi connectivity index (χ4n) is 2.27. The molecule has 96 valence electrons. The van der Waals surface area contributed by atoms with Gasteiger partial charge < -0.3 is 5.11 Å². The summed E-state index contributed by atoms with van der Waals surface area (Å²) in [5.74, 6) is 0.0128. The molecule has 0 saturated carbocycles. The highest BCUT2D eigenvalue weighted by Crippen LogP contribution is 2.32. The normalized spacial score (nSPS) is 15.9. The molecule has 2 unspecified atom stereocenters. The van der Waals surface area contributed by atoms with Gasteiger partial charge in [-0.05, 0) is 24.5 Å². The number of aliphatic hydroxyl groups is 1. The van der Waals surface area contributed by atoms with Crippen molar-refractivity contribution >= 4 is 9.84 Å². The first-order chi connectivity index (χ1) is 7.75. The van der Waals surface area contributed by atoms with E-state index in [2.05, 4.69) is 0 Å². The molecule has 0 spiro atoms. The Balaban J connectivity index is 3.39. The van der Waals surface area contributed by atoms with Gasteiger partial charge in [0.05, 0.1) is 11.0 Å². The van der Waals surface area contributed by atoms with Crippen molar-refractivity contribution in [3.8, 4) is 0 Å². The van der Waals surface area contributed by atoms with Crippen LogP contribution in [-0.4, -0.2) is 25.9 Å². The average Bonchev–Trinajstić information content (AvgIpc) is 2.15. The van der Waals surface area contributed by atoms with Crippen LogP contribution in [0.4, 0.5) is 0 Å². The lowest BCUT2D eigenvalue weighted by molar-refractivity contribution is 0.139. The molecule has 1 aromatic carbocycles. The summed E-state index contributed by atoms with van der Waals surface area (Å²) in [5.41, 5.74) is 0.708. The Hall–Kier alpha value is -0.870. The van der Waals surface area contributed by atoms with Gasteiger partial charge in [-0.1, -0.05) is 32.0 Å². The minimum atomic E-state index is -3.26. The number of hydrogen-bond acceptors (Lipinski definition) is 3. The molecule has 0 fully saturated rings. The maximum atomic E-state index is 11.7. The van der Waals surface area contributed by atoms with E-state index in [1.807, 2.05) is 19.9 Å². The van der Waals surface area contributed by atoms with E-state index in [9.17, 15) is 13.5 Å². The van der Waals surface area contributed by atoms with Gasteiger partial charge in [-0.3, -0.25) is 0 Å². The van der Waals surface area contributed by atoms with E-state index in [0.29, 0.717) is 10.5 Å². The van der Waals surface area contributed by atoms with Gasteiger partial charge in [0, 0.05) is 12.2 Å². The van der Waals surface area contributed by atoms with Gasteiger partial charge in [-0.25, -0.2) is 8.42 Å². The SMILES string of the molecule is CC(C)C(c1ccccc1S(C)(=O)=O)C(C)O. The average molecular weight is 256 g/mol. The molecule has 0 aliphatic carbocycles. The van der Waals surface area contributed by atoms with Crippen LogP contribution in [0.25, 0.3) is 0 Å². The molecule has 0 saturated heterocycles. The molecule has 0 aliphatic heterocycles. The fraction of sp³-hybridized carbons (Fsp3) is 0.538. The Labute approximate surface area is 103 Å². The molecule has 3 nitrogen and oxygen atoms in total. The van der Waals surface area contributed by atoms with E-state index in [1.165, 1.54) is 6.26 Å². The van der Waals surface area contributed by atoms with Crippen molar-refractivity contribution in [2.24, 2.45) is 5.92 Å². The van der Waals surface area contributed by atoms with Gasteiger partial charge in [0.2, 0.25) is 0 Å². The first-order valence-electron chi connectivity index (χ1n) is 5.72. The molecule has 1 rings (SSSR count). The highest BCUT2D eigenvalue weighted by atomic mass is 32.2. The predicted molar refractivity (Wildman–Crippen MR) is 68.8 cm³/mol. The van der Waals surface area contributed by atoms with Crippen LogP contribution in [0, 0.1) is 5.92 Å². The van der Waals surface area contributed by atoms with Crippen LogP contribution in [0.3, 0.4) is 0 Å². The maximum Gasteiger partial charge on any atom is 0.175 e. The van der Waals surface area contributed by atoms with Gasteiger partial charge in [0.1, 0.15) is 0 Å². The van der Waals surface area contributed by atoms with Gasteiger partial charge in [0.15, 0.2) is 9.84 Å². The number of rotatable bonds is 4. The predicted octanol–water partition coefficient (Wildman–Crippen LogP) is 2.21. The van der Waals surface area contributed by atoms with Crippen molar-refractivity contribution in [1.29, 1.82) is 0 Å². The first-order valence-corrected chi connectivity index (χ1v) is 7.61. The third-order valence-corrected chi connectivity index (χ3v) is 4.09. The molecule has 0 aliphatic rings. The lowest BCUT2D eigenvalue weighted by Crippen LogP contribution is -2.22. The third-order valence-electron chi connectivity index (χ3n) is 2.92. The topological polar surface area (TPSA) is 54.4 Å². The van der Waals surface area contributed by atoms with Crippen LogP contribution < -0.4 is 0 Å². The highest BCUT2D eigenvalue weighted by Gasteiger charge is 2.26. The van der Waals surface area contributed by atoms with Gasteiger partial charge >= 0.3 is 0 Å². The van der Waals surface area contributed by atoms with Crippen LogP contribution in [0.2, 0.25) is 0 Å². The Morgan fingerprint density at radius 2 is 1.65 bits per heavy atom. The Kier molecular flexibility index (Phi) is 4.33. The first kappa shape index (κ1) is 14.2. The molecule has 0 heterocycles. The molecule has 17 heavy (non-hydrogen) atoms. The molecule has 1 aromatic rings. The van der Waals surface area contributed by atoms with E-state index in [-0.39, 0.29) is 11.8 Å². The molecule has 0 bridgehead atoms. The minimum absolute atomic E-state index is 0.166. The fourth-order valence-corrected chi connectivity index (χ4v) is 3.23. The lowest BCUT2D eigenvalue weighted by Gasteiger charge is -2.26. The van der Waals surface area contributed by atoms with Crippen LogP contribution in [0.5, 0.6) is 0 Å². The largest absolute Gasteiger partial charge is 0.393 e. The smallest absolute Gasteiger partial charge is 0.175 e. The van der Waals surface area contributed by atoms with Gasteiger partial charge in [-0.15, -0.1) is 0 Å². The molecule has 4 heteroatoms. The Morgan fingerprint density at radius 1 is 1.12 bits per heavy atom. The van der Waals surface area contributed by atoms with Crippen LogP contribution in [0.1, 0.15) is 32.3 Å². The van der Waals surface area contributed by atoms with Crippen molar-refractivity contribution in [1.82, 2.24) is 0 Å². The summed E-state index contributed by atoms with van der Waals surface area (Å²) in [6.45, 7) is 5.66. The van der Waals surface area contributed by atoms with E-state index < -0.39 is 15.9 Å². The van der Waals surface area contributed by atoms with Gasteiger partial charge in [-0.2, -0.15) is 0 Å². The summed E-state index contributed by atoms with van der Waals surface area (Å²) in [6, 6.07) is 6.90. The number of sulfone groups is 1. The zero-order valence-electron chi connectivity index (χ0n) is 10.7. The standard InChI is InChI=1S/C13H20O3S/c1-9(2)13(10(3)14)11-7-5-6-8-12(11)17(4,15)16/h5-10,13-14H,1-4H3. The summed E-state index contributed by atoms with van der Waals surface area (Å²) in [6.07, 6.45) is 0.628. The van der Waals surface area contributed by atoms with Crippen molar-refractivity contribution in [2.75, 3.05) is 6.26 Å². The molecule has 0 amide bonds. The third kappa shape index (κ3) is 3.30. The Morgan fingerprint density at radius 3 is 2.06 bits per heavy atom. The van der Waals surface area contributed by atoms with Crippen LogP contribution in [0.15, 0.2) is 29.2 Å². The molecule has 0 radical (unpaired) electrons. The molecular formula is C13H20O3S. The van der Waals surface area contributed by atoms with Gasteiger partial charge in [0.25, 0.3) is 0 Å². The van der Waals surface area contributed by atoms with Crippen LogP contribution >= 0.6 is 0 Å². The van der Waals surface area contributed by atoms with E-state index >= 15 is 0 Å². The second-order valence-electron chi connectivity index (χ2n) is 4.82. The molecular weight excluding hydrogens is 236 g/mol.